The quantitative estimate of drug-likeness (QED) is 0.720. The van der Waals surface area contributed by atoms with Crippen LogP contribution in [0.1, 0.15) is 10.4 Å². The summed E-state index contributed by atoms with van der Waals surface area (Å²) in [5.74, 6) is 0. The van der Waals surface area contributed by atoms with Gasteiger partial charge in [0.2, 0.25) is 10.0 Å². The van der Waals surface area contributed by atoms with Crippen molar-refractivity contribution < 1.29 is 8.42 Å². The molecule has 0 aliphatic carbocycles. The predicted octanol–water partition coefficient (Wildman–Crippen LogP) is 1.01. The third-order valence-electron chi connectivity index (χ3n) is 1.25. The Bertz CT molecular complexity index is 364. The van der Waals surface area contributed by atoms with Crippen LogP contribution in [0.3, 0.4) is 0 Å². The standard InChI is InChI=1S/C6H9NO2S2/c1-4-3-5(2)10-6(4)11(7,8)9/h3H,1-2H3,(H2,7,8,9). The van der Waals surface area contributed by atoms with Gasteiger partial charge in [-0.1, -0.05) is 0 Å². The van der Waals surface area contributed by atoms with Crippen molar-refractivity contribution in [2.24, 2.45) is 5.14 Å². The fourth-order valence-corrected chi connectivity index (χ4v) is 3.02. The molecule has 0 aliphatic rings. The molecule has 1 aromatic heterocycles. The molecule has 62 valence electrons. The molecule has 0 unspecified atom stereocenters. The molecule has 0 bridgehead atoms. The second kappa shape index (κ2) is 2.58. The topological polar surface area (TPSA) is 60.2 Å². The van der Waals surface area contributed by atoms with Crippen LogP contribution in [0.4, 0.5) is 0 Å². The van der Waals surface area contributed by atoms with Gasteiger partial charge in [-0.3, -0.25) is 0 Å². The lowest BCUT2D eigenvalue weighted by atomic mass is 10.4. The Labute approximate surface area is 69.9 Å². The Balaban J connectivity index is 3.36. The molecule has 1 heterocycles. The van der Waals surface area contributed by atoms with Gasteiger partial charge < -0.3 is 0 Å². The van der Waals surface area contributed by atoms with E-state index in [-0.39, 0.29) is 4.21 Å². The van der Waals surface area contributed by atoms with Gasteiger partial charge in [0.05, 0.1) is 0 Å². The highest BCUT2D eigenvalue weighted by atomic mass is 32.2. The van der Waals surface area contributed by atoms with E-state index in [0.717, 1.165) is 10.4 Å². The molecule has 0 spiro atoms. The van der Waals surface area contributed by atoms with Crippen molar-refractivity contribution in [3.05, 3.63) is 16.5 Å². The molecule has 5 heteroatoms. The second-order valence-electron chi connectivity index (χ2n) is 2.37. The highest BCUT2D eigenvalue weighted by Crippen LogP contribution is 2.24. The van der Waals surface area contributed by atoms with Crippen LogP contribution in [0.25, 0.3) is 0 Å². The van der Waals surface area contributed by atoms with Gasteiger partial charge in [0.15, 0.2) is 0 Å². The lowest BCUT2D eigenvalue weighted by Gasteiger charge is -1.92. The van der Waals surface area contributed by atoms with Crippen molar-refractivity contribution in [2.75, 3.05) is 0 Å². The largest absolute Gasteiger partial charge is 0.247 e. The van der Waals surface area contributed by atoms with E-state index in [4.69, 9.17) is 5.14 Å². The summed E-state index contributed by atoms with van der Waals surface area (Å²) in [7, 11) is -3.49. The molecule has 0 saturated carbocycles. The number of rotatable bonds is 1. The molecule has 1 rings (SSSR count). The fourth-order valence-electron chi connectivity index (χ4n) is 0.902. The Morgan fingerprint density at radius 2 is 2.00 bits per heavy atom. The fraction of sp³-hybridized carbons (Fsp3) is 0.333. The zero-order valence-electron chi connectivity index (χ0n) is 6.29. The molecule has 0 amide bonds. The minimum atomic E-state index is -3.49. The van der Waals surface area contributed by atoms with Crippen LogP contribution in [-0.4, -0.2) is 8.42 Å². The van der Waals surface area contributed by atoms with Gasteiger partial charge in [-0.15, -0.1) is 11.3 Å². The van der Waals surface area contributed by atoms with Crippen molar-refractivity contribution in [1.82, 2.24) is 0 Å². The average molecular weight is 191 g/mol. The summed E-state index contributed by atoms with van der Waals surface area (Å²) in [5, 5.41) is 4.95. The third kappa shape index (κ3) is 1.79. The summed E-state index contributed by atoms with van der Waals surface area (Å²) in [5.41, 5.74) is 0.731. The van der Waals surface area contributed by atoms with Crippen LogP contribution in [0.5, 0.6) is 0 Å². The van der Waals surface area contributed by atoms with Gasteiger partial charge in [-0.2, -0.15) is 0 Å². The number of hydrogen-bond acceptors (Lipinski definition) is 3. The summed E-state index contributed by atoms with van der Waals surface area (Å²) in [6.07, 6.45) is 0. The van der Waals surface area contributed by atoms with E-state index in [1.165, 1.54) is 11.3 Å². The summed E-state index contributed by atoms with van der Waals surface area (Å²) in [6.45, 7) is 3.59. The smallest absolute Gasteiger partial charge is 0.224 e. The predicted molar refractivity (Wildman–Crippen MR) is 45.2 cm³/mol. The van der Waals surface area contributed by atoms with Crippen LogP contribution in [0.15, 0.2) is 10.3 Å². The van der Waals surface area contributed by atoms with Gasteiger partial charge >= 0.3 is 0 Å². The zero-order chi connectivity index (χ0) is 8.65. The van der Waals surface area contributed by atoms with Crippen molar-refractivity contribution in [3.63, 3.8) is 0 Å². The van der Waals surface area contributed by atoms with E-state index in [2.05, 4.69) is 0 Å². The normalized spacial score (nSPS) is 11.9. The average Bonchev–Trinajstić information content (AvgIpc) is 2.08. The lowest BCUT2D eigenvalue weighted by molar-refractivity contribution is 0.599. The van der Waals surface area contributed by atoms with E-state index in [1.807, 2.05) is 13.0 Å². The second-order valence-corrected chi connectivity index (χ2v) is 5.39. The van der Waals surface area contributed by atoms with Crippen molar-refractivity contribution in [3.8, 4) is 0 Å². The maximum atomic E-state index is 10.9. The number of hydrogen-bond donors (Lipinski definition) is 1. The Hall–Kier alpha value is -0.390. The summed E-state index contributed by atoms with van der Waals surface area (Å²) in [6, 6.07) is 1.81. The van der Waals surface area contributed by atoms with Crippen LogP contribution >= 0.6 is 11.3 Å². The van der Waals surface area contributed by atoms with E-state index >= 15 is 0 Å². The summed E-state index contributed by atoms with van der Waals surface area (Å²) >= 11 is 1.21. The van der Waals surface area contributed by atoms with Gasteiger partial charge in [0.1, 0.15) is 4.21 Å². The molecule has 0 atom stereocenters. The number of sulfonamides is 1. The van der Waals surface area contributed by atoms with Gasteiger partial charge in [-0.05, 0) is 25.5 Å². The van der Waals surface area contributed by atoms with E-state index in [1.54, 1.807) is 6.92 Å². The number of thiophene rings is 1. The van der Waals surface area contributed by atoms with Crippen LogP contribution in [0, 0.1) is 13.8 Å². The first kappa shape index (κ1) is 8.70. The Morgan fingerprint density at radius 1 is 1.45 bits per heavy atom. The molecule has 0 saturated heterocycles. The summed E-state index contributed by atoms with van der Waals surface area (Å²) in [4.78, 5) is 0.964. The van der Waals surface area contributed by atoms with E-state index < -0.39 is 10.0 Å². The van der Waals surface area contributed by atoms with Crippen molar-refractivity contribution in [2.45, 2.75) is 18.1 Å². The number of nitrogens with two attached hydrogens (primary N) is 1. The Morgan fingerprint density at radius 3 is 2.18 bits per heavy atom. The van der Waals surface area contributed by atoms with Gasteiger partial charge in [0.25, 0.3) is 0 Å². The van der Waals surface area contributed by atoms with Crippen LogP contribution < -0.4 is 5.14 Å². The molecular formula is C6H9NO2S2. The first-order chi connectivity index (χ1) is 4.91. The molecular weight excluding hydrogens is 182 g/mol. The Kier molecular flexibility index (Phi) is 2.04. The molecule has 3 nitrogen and oxygen atoms in total. The maximum Gasteiger partial charge on any atom is 0.247 e. The van der Waals surface area contributed by atoms with Crippen LogP contribution in [-0.2, 0) is 10.0 Å². The van der Waals surface area contributed by atoms with Crippen molar-refractivity contribution >= 4 is 21.4 Å². The van der Waals surface area contributed by atoms with E-state index in [9.17, 15) is 8.42 Å². The number of aryl methyl sites for hydroxylation is 2. The minimum Gasteiger partial charge on any atom is -0.224 e. The highest BCUT2D eigenvalue weighted by Gasteiger charge is 2.13. The van der Waals surface area contributed by atoms with Crippen LogP contribution in [0.2, 0.25) is 0 Å². The monoisotopic (exact) mass is 191 g/mol. The SMILES string of the molecule is Cc1cc(C)c(S(N)(=O)=O)s1. The zero-order valence-corrected chi connectivity index (χ0v) is 7.92. The first-order valence-electron chi connectivity index (χ1n) is 3.01. The highest BCUT2D eigenvalue weighted by molar-refractivity contribution is 7.91. The minimum absolute atomic E-state index is 0.273. The molecule has 0 radical (unpaired) electrons. The third-order valence-corrected chi connectivity index (χ3v) is 3.99. The maximum absolute atomic E-state index is 10.9. The molecule has 11 heavy (non-hydrogen) atoms. The lowest BCUT2D eigenvalue weighted by Crippen LogP contribution is -2.11. The molecule has 0 fully saturated rings. The van der Waals surface area contributed by atoms with Crippen molar-refractivity contribution in [1.29, 1.82) is 0 Å². The first-order valence-corrected chi connectivity index (χ1v) is 5.37. The number of primary sulfonamides is 1. The molecule has 0 aliphatic heterocycles. The molecule has 1 aromatic rings. The van der Waals surface area contributed by atoms with E-state index in [0.29, 0.717) is 0 Å². The molecule has 0 aromatic carbocycles. The van der Waals surface area contributed by atoms with Gasteiger partial charge in [0, 0.05) is 4.88 Å². The molecule has 2 N–H and O–H groups in total. The summed E-state index contributed by atoms with van der Waals surface area (Å²) < 4.78 is 22.0. The van der Waals surface area contributed by atoms with Gasteiger partial charge in [-0.25, -0.2) is 13.6 Å².